The zero-order valence-corrected chi connectivity index (χ0v) is 42.1. The number of hydrogen-bond donors (Lipinski definition) is 1. The highest BCUT2D eigenvalue weighted by Crippen LogP contribution is 2.44. The van der Waals surface area contributed by atoms with Gasteiger partial charge in [0.15, 0.2) is 5.84 Å². The summed E-state index contributed by atoms with van der Waals surface area (Å²) in [5.41, 5.74) is 15.0. The molecule has 1 N–H and O–H groups in total. The van der Waals surface area contributed by atoms with Crippen LogP contribution in [0.5, 0.6) is 0 Å². The number of nitrogens with zero attached hydrogens (tertiary/aromatic N) is 6. The fourth-order valence-electron chi connectivity index (χ4n) is 11.3. The van der Waals surface area contributed by atoms with Crippen molar-refractivity contribution in [2.75, 3.05) is 0 Å². The largest absolute Gasteiger partial charge is 0.344 e. The van der Waals surface area contributed by atoms with E-state index < -0.39 is 6.17 Å². The molecule has 0 saturated heterocycles. The molecule has 0 saturated carbocycles. The van der Waals surface area contributed by atoms with Crippen LogP contribution in [0.25, 0.3) is 82.5 Å². The number of aromatic nitrogens is 3. The summed E-state index contributed by atoms with van der Waals surface area (Å²) in [5, 5.41) is 22.5. The molecule has 2 aliphatic rings. The number of allylic oxidation sites excluding steroid dienone is 4. The van der Waals surface area contributed by atoms with Gasteiger partial charge in [0.25, 0.3) is 0 Å². The SMILES string of the molecule is CC(C)(C)c1ccc2c(c1)c1cc(C(C)(C)C)ccc1n2-c1cc(-n2c3ccccc3c3cc4c5ccccc5n(C5=CCCC=C5)c4cc32)c(C#N)cc1C1N=C(c2ccccc2)N=C(c2ccccc2)N1. The van der Waals surface area contributed by atoms with E-state index in [1.165, 1.54) is 43.9 Å². The summed E-state index contributed by atoms with van der Waals surface area (Å²) >= 11 is 0. The number of nitrogens with one attached hydrogen (secondary N) is 1. The number of para-hydroxylation sites is 2. The maximum atomic E-state index is 11.6. The fourth-order valence-corrected chi connectivity index (χ4v) is 11.3. The summed E-state index contributed by atoms with van der Waals surface area (Å²) in [7, 11) is 0. The summed E-state index contributed by atoms with van der Waals surface area (Å²) in [4.78, 5) is 10.6. The molecule has 1 aliphatic heterocycles. The molecule has 0 bridgehead atoms. The third kappa shape index (κ3) is 7.23. The van der Waals surface area contributed by atoms with Gasteiger partial charge in [0.05, 0.1) is 50.0 Å². The standard InChI is InChI=1S/C66H55N7/c1-65(2,3)44-30-32-56-49(35-44)50-36-45(66(4,5)6)31-33-57(50)72(56)61-38-58(43(40-67)34-53(61)64-69-62(41-20-10-7-11-21-41)68-63(70-64)42-22-12-8-13-23-42)73-55-29-19-17-27-48(55)52-37-51-47-26-16-18-28-54(47)71(59(51)39-60(52)73)46-24-14-9-15-25-46/h7-8,10-14,16-39,64H,9,15H2,1-6H3,(H,68,69,70). The Bertz CT molecular complexity index is 4170. The normalized spacial score (nSPS) is 15.3. The van der Waals surface area contributed by atoms with Gasteiger partial charge in [-0.1, -0.05) is 163 Å². The zero-order valence-electron chi connectivity index (χ0n) is 42.1. The van der Waals surface area contributed by atoms with Crippen LogP contribution in [-0.2, 0) is 10.8 Å². The molecule has 11 aromatic rings. The van der Waals surface area contributed by atoms with Crippen molar-refractivity contribution in [3.8, 4) is 17.4 Å². The fraction of sp³-hybridized carbons (Fsp3) is 0.167. The molecule has 73 heavy (non-hydrogen) atoms. The molecule has 1 unspecified atom stereocenters. The molecule has 8 aromatic carbocycles. The van der Waals surface area contributed by atoms with Crippen molar-refractivity contribution in [1.29, 1.82) is 5.26 Å². The lowest BCUT2D eigenvalue weighted by atomic mass is 9.85. The average molecular weight is 946 g/mol. The van der Waals surface area contributed by atoms with Gasteiger partial charge in [-0.05, 0) is 102 Å². The molecule has 354 valence electrons. The molecule has 0 fully saturated rings. The van der Waals surface area contributed by atoms with Crippen molar-refractivity contribution < 1.29 is 0 Å². The van der Waals surface area contributed by atoms with Crippen molar-refractivity contribution in [1.82, 2.24) is 19.0 Å². The number of rotatable bonds is 6. The predicted octanol–water partition coefficient (Wildman–Crippen LogP) is 16.1. The lowest BCUT2D eigenvalue weighted by Gasteiger charge is -2.27. The first-order chi connectivity index (χ1) is 35.4. The minimum absolute atomic E-state index is 0.0732. The molecule has 7 nitrogen and oxygen atoms in total. The van der Waals surface area contributed by atoms with Crippen molar-refractivity contribution in [2.45, 2.75) is 71.4 Å². The van der Waals surface area contributed by atoms with E-state index in [4.69, 9.17) is 9.98 Å². The third-order valence-electron chi connectivity index (χ3n) is 15.1. The Labute approximate surface area is 425 Å². The van der Waals surface area contributed by atoms with Crippen molar-refractivity contribution in [3.63, 3.8) is 0 Å². The Morgan fingerprint density at radius 2 is 1.04 bits per heavy atom. The first-order valence-corrected chi connectivity index (χ1v) is 25.5. The zero-order chi connectivity index (χ0) is 49.8. The van der Waals surface area contributed by atoms with Gasteiger partial charge < -0.3 is 19.0 Å². The molecule has 3 aromatic heterocycles. The summed E-state index contributed by atoms with van der Waals surface area (Å²) < 4.78 is 7.17. The van der Waals surface area contributed by atoms with Crippen LogP contribution < -0.4 is 5.32 Å². The Balaban J connectivity index is 1.15. The van der Waals surface area contributed by atoms with Gasteiger partial charge in [-0.2, -0.15) is 5.26 Å². The van der Waals surface area contributed by atoms with Gasteiger partial charge in [0, 0.05) is 54.7 Å². The molecule has 13 rings (SSSR count). The van der Waals surface area contributed by atoms with Gasteiger partial charge in [-0.15, -0.1) is 0 Å². The number of fused-ring (bicyclic) bond motifs is 9. The van der Waals surface area contributed by atoms with Crippen LogP contribution in [0.2, 0.25) is 0 Å². The van der Waals surface area contributed by atoms with E-state index in [2.05, 4.69) is 218 Å². The highest BCUT2D eigenvalue weighted by Gasteiger charge is 2.30. The molecular weight excluding hydrogens is 891 g/mol. The van der Waals surface area contributed by atoms with Crippen LogP contribution in [0.3, 0.4) is 0 Å². The van der Waals surface area contributed by atoms with Crippen molar-refractivity contribution in [2.24, 2.45) is 9.98 Å². The minimum atomic E-state index is -0.625. The Morgan fingerprint density at radius 1 is 0.507 bits per heavy atom. The van der Waals surface area contributed by atoms with E-state index in [9.17, 15) is 5.26 Å². The van der Waals surface area contributed by atoms with Gasteiger partial charge in [0.1, 0.15) is 18.1 Å². The summed E-state index contributed by atoms with van der Waals surface area (Å²) in [5.74, 6) is 1.33. The van der Waals surface area contributed by atoms with E-state index in [1.54, 1.807) is 0 Å². The lowest BCUT2D eigenvalue weighted by molar-refractivity contribution is 0.590. The van der Waals surface area contributed by atoms with Crippen LogP contribution in [-0.4, -0.2) is 25.4 Å². The highest BCUT2D eigenvalue weighted by atomic mass is 15.2. The van der Waals surface area contributed by atoms with Crippen LogP contribution in [0.1, 0.15) is 93.9 Å². The second kappa shape index (κ2) is 16.7. The number of aliphatic imine (C=N–C) groups is 2. The van der Waals surface area contributed by atoms with Crippen LogP contribution in [0.15, 0.2) is 198 Å². The molecule has 1 atom stereocenters. The molecular formula is C66H55N7. The monoisotopic (exact) mass is 945 g/mol. The Morgan fingerprint density at radius 3 is 1.63 bits per heavy atom. The number of benzene rings is 8. The summed E-state index contributed by atoms with van der Waals surface area (Å²) in [6.07, 6.45) is 8.29. The summed E-state index contributed by atoms with van der Waals surface area (Å²) in [6, 6.07) is 63.6. The highest BCUT2D eigenvalue weighted by molar-refractivity contribution is 6.20. The topological polar surface area (TPSA) is 75.3 Å². The van der Waals surface area contributed by atoms with E-state index in [0.29, 0.717) is 17.2 Å². The Kier molecular flexibility index (Phi) is 10.1. The van der Waals surface area contributed by atoms with Gasteiger partial charge in [-0.3, -0.25) is 0 Å². The molecule has 0 amide bonds. The molecule has 0 spiro atoms. The van der Waals surface area contributed by atoms with Crippen LogP contribution >= 0.6 is 0 Å². The van der Waals surface area contributed by atoms with Gasteiger partial charge in [0.2, 0.25) is 0 Å². The molecule has 0 radical (unpaired) electrons. The van der Waals surface area contributed by atoms with Crippen LogP contribution in [0.4, 0.5) is 0 Å². The third-order valence-corrected chi connectivity index (χ3v) is 15.1. The maximum Gasteiger partial charge on any atom is 0.159 e. The quantitative estimate of drug-likeness (QED) is 0.180. The van der Waals surface area contributed by atoms with Gasteiger partial charge in [-0.25, -0.2) is 9.98 Å². The number of hydrogen-bond acceptors (Lipinski definition) is 4. The van der Waals surface area contributed by atoms with Crippen molar-refractivity contribution >= 4 is 82.8 Å². The molecule has 4 heterocycles. The number of amidine groups is 2. The van der Waals surface area contributed by atoms with Crippen molar-refractivity contribution in [3.05, 3.63) is 221 Å². The maximum absolute atomic E-state index is 11.6. The molecule has 7 heteroatoms. The predicted molar refractivity (Wildman–Crippen MR) is 305 cm³/mol. The smallest absolute Gasteiger partial charge is 0.159 e. The average Bonchev–Trinajstić information content (AvgIpc) is 4.04. The number of nitriles is 1. The Hall–Kier alpha value is -8.73. The minimum Gasteiger partial charge on any atom is -0.344 e. The van der Waals surface area contributed by atoms with E-state index >= 15 is 0 Å². The molecule has 1 aliphatic carbocycles. The lowest BCUT2D eigenvalue weighted by Crippen LogP contribution is -2.34. The van der Waals surface area contributed by atoms with E-state index in [-0.39, 0.29) is 10.8 Å². The first kappa shape index (κ1) is 44.2. The van der Waals surface area contributed by atoms with E-state index in [1.807, 2.05) is 36.4 Å². The van der Waals surface area contributed by atoms with E-state index in [0.717, 1.165) is 79.3 Å². The van der Waals surface area contributed by atoms with Crippen LogP contribution in [0, 0.1) is 11.3 Å². The second-order valence-corrected chi connectivity index (χ2v) is 21.7. The second-order valence-electron chi connectivity index (χ2n) is 21.7. The first-order valence-electron chi connectivity index (χ1n) is 25.5. The summed E-state index contributed by atoms with van der Waals surface area (Å²) in [6.45, 7) is 13.7. The van der Waals surface area contributed by atoms with Gasteiger partial charge >= 0.3 is 0 Å².